The zero-order valence-electron chi connectivity index (χ0n) is 15.3. The third kappa shape index (κ3) is 4.77. The molecule has 2 aromatic heterocycles. The number of hydrogen-bond acceptors (Lipinski definition) is 7. The number of ether oxygens (including phenoxy) is 1. The van der Waals surface area contributed by atoms with E-state index in [1.807, 2.05) is 0 Å². The average Bonchev–Trinajstić information content (AvgIpc) is 3.36. The normalized spacial score (nSPS) is 10.8. The minimum atomic E-state index is -0.624. The van der Waals surface area contributed by atoms with E-state index in [1.54, 1.807) is 30.5 Å². The Balaban J connectivity index is 1.93. The molecule has 29 heavy (non-hydrogen) atoms. The van der Waals surface area contributed by atoms with Crippen molar-refractivity contribution in [3.8, 4) is 11.1 Å². The van der Waals surface area contributed by atoms with E-state index in [-0.39, 0.29) is 17.9 Å². The van der Waals surface area contributed by atoms with Crippen LogP contribution in [0.2, 0.25) is 0 Å². The molecule has 0 spiro atoms. The van der Waals surface area contributed by atoms with Crippen LogP contribution in [0, 0.1) is 10.1 Å². The first-order chi connectivity index (χ1) is 14.0. The lowest BCUT2D eigenvalue weighted by Gasteiger charge is -2.08. The number of anilines is 1. The molecule has 8 nitrogen and oxygen atoms in total. The monoisotopic (exact) mass is 412 g/mol. The summed E-state index contributed by atoms with van der Waals surface area (Å²) in [6.07, 6.45) is 4.26. The molecule has 0 atom stereocenters. The summed E-state index contributed by atoms with van der Waals surface area (Å²) in [7, 11) is 0. The average molecular weight is 412 g/mol. The van der Waals surface area contributed by atoms with Gasteiger partial charge in [0.15, 0.2) is 0 Å². The van der Waals surface area contributed by atoms with Crippen molar-refractivity contribution in [3.05, 3.63) is 75.6 Å². The maximum absolute atomic E-state index is 12.5. The number of hydrogen-bond donors (Lipinski definition) is 1. The van der Waals surface area contributed by atoms with E-state index in [0.717, 1.165) is 11.3 Å². The third-order valence-electron chi connectivity index (χ3n) is 3.82. The van der Waals surface area contributed by atoms with Gasteiger partial charge in [-0.25, -0.2) is 4.79 Å². The Labute approximate surface area is 169 Å². The first kappa shape index (κ1) is 20.0. The van der Waals surface area contributed by atoms with Crippen LogP contribution in [0.3, 0.4) is 0 Å². The topological polar surface area (TPSA) is 112 Å². The maximum Gasteiger partial charge on any atom is 0.341 e. The van der Waals surface area contributed by atoms with E-state index in [2.05, 4.69) is 5.32 Å². The number of carbonyl (C=O) groups is 2. The predicted molar refractivity (Wildman–Crippen MR) is 109 cm³/mol. The fourth-order valence-corrected chi connectivity index (χ4v) is 3.51. The largest absolute Gasteiger partial charge is 0.465 e. The summed E-state index contributed by atoms with van der Waals surface area (Å²) in [6, 6.07) is 9.31. The molecule has 0 aliphatic rings. The van der Waals surface area contributed by atoms with Crippen LogP contribution in [0.4, 0.5) is 10.7 Å². The molecule has 1 amide bonds. The molecular weight excluding hydrogens is 396 g/mol. The number of non-ortho nitro benzene ring substituents is 1. The Morgan fingerprint density at radius 1 is 1.31 bits per heavy atom. The summed E-state index contributed by atoms with van der Waals surface area (Å²) >= 11 is 1.13. The molecule has 0 aliphatic carbocycles. The molecule has 2 heterocycles. The van der Waals surface area contributed by atoms with Gasteiger partial charge in [0, 0.05) is 29.2 Å². The van der Waals surface area contributed by atoms with E-state index >= 15 is 0 Å². The summed E-state index contributed by atoms with van der Waals surface area (Å²) in [4.78, 5) is 35.3. The van der Waals surface area contributed by atoms with Gasteiger partial charge >= 0.3 is 5.97 Å². The van der Waals surface area contributed by atoms with Crippen molar-refractivity contribution in [2.45, 2.75) is 6.92 Å². The van der Waals surface area contributed by atoms with Crippen molar-refractivity contribution in [3.63, 3.8) is 0 Å². The van der Waals surface area contributed by atoms with Crippen LogP contribution >= 0.6 is 11.3 Å². The zero-order chi connectivity index (χ0) is 20.8. The number of nitrogens with one attached hydrogen (secondary N) is 1. The van der Waals surface area contributed by atoms with Crippen molar-refractivity contribution >= 4 is 40.0 Å². The quantitative estimate of drug-likeness (QED) is 0.259. The lowest BCUT2D eigenvalue weighted by Crippen LogP contribution is -2.12. The van der Waals surface area contributed by atoms with Gasteiger partial charge in [-0.3, -0.25) is 14.9 Å². The van der Waals surface area contributed by atoms with E-state index in [4.69, 9.17) is 9.15 Å². The summed E-state index contributed by atoms with van der Waals surface area (Å²) in [5.74, 6) is -0.575. The second-order valence-electron chi connectivity index (χ2n) is 5.72. The zero-order valence-corrected chi connectivity index (χ0v) is 16.1. The Morgan fingerprint density at radius 3 is 2.83 bits per heavy atom. The van der Waals surface area contributed by atoms with Gasteiger partial charge in [-0.15, -0.1) is 11.3 Å². The first-order valence-electron chi connectivity index (χ1n) is 8.55. The van der Waals surface area contributed by atoms with Crippen LogP contribution in [0.1, 0.15) is 23.0 Å². The number of thiophene rings is 1. The lowest BCUT2D eigenvalue weighted by atomic mass is 10.0. The minimum Gasteiger partial charge on any atom is -0.465 e. The summed E-state index contributed by atoms with van der Waals surface area (Å²) < 4.78 is 10.2. The van der Waals surface area contributed by atoms with E-state index < -0.39 is 16.8 Å². The molecule has 148 valence electrons. The summed E-state index contributed by atoms with van der Waals surface area (Å²) in [6.45, 7) is 1.82. The number of nitrogens with zero attached hydrogens (tertiary/aromatic N) is 1. The molecule has 1 aromatic carbocycles. The van der Waals surface area contributed by atoms with Crippen molar-refractivity contribution < 1.29 is 23.7 Å². The molecule has 0 fully saturated rings. The Hall–Kier alpha value is -3.72. The second kappa shape index (κ2) is 8.98. The maximum atomic E-state index is 12.5. The van der Waals surface area contributed by atoms with Crippen LogP contribution in [-0.4, -0.2) is 23.4 Å². The highest BCUT2D eigenvalue weighted by molar-refractivity contribution is 7.15. The Kier molecular flexibility index (Phi) is 6.20. The molecule has 0 aliphatic heterocycles. The number of furan rings is 1. The van der Waals surface area contributed by atoms with Crippen molar-refractivity contribution in [1.29, 1.82) is 0 Å². The number of nitro groups is 1. The molecule has 3 rings (SSSR count). The van der Waals surface area contributed by atoms with E-state index in [9.17, 15) is 19.7 Å². The molecule has 0 radical (unpaired) electrons. The van der Waals surface area contributed by atoms with Crippen LogP contribution in [0.25, 0.3) is 17.2 Å². The van der Waals surface area contributed by atoms with Gasteiger partial charge in [0.2, 0.25) is 5.91 Å². The standard InChI is InChI=1S/C20H16N2O6S/c1-2-27-20(24)18-16(13-5-3-6-14(11-13)22(25)26)12-29-19(18)21-17(23)9-8-15-7-4-10-28-15/h3-12H,2H2,1H3,(H,21,23)/b9-8+. The molecular formula is C20H16N2O6S. The first-order valence-corrected chi connectivity index (χ1v) is 9.43. The number of benzene rings is 1. The van der Waals surface area contributed by atoms with Crippen LogP contribution in [0.5, 0.6) is 0 Å². The highest BCUT2D eigenvalue weighted by atomic mass is 32.1. The molecule has 1 N–H and O–H groups in total. The second-order valence-corrected chi connectivity index (χ2v) is 6.60. The molecule has 0 saturated carbocycles. The van der Waals surface area contributed by atoms with E-state index in [1.165, 1.54) is 36.6 Å². The highest BCUT2D eigenvalue weighted by Crippen LogP contribution is 2.37. The fraction of sp³-hybridized carbons (Fsp3) is 0.100. The van der Waals surface area contributed by atoms with Gasteiger partial charge in [0.1, 0.15) is 16.3 Å². The Bertz CT molecular complexity index is 1070. The van der Waals surface area contributed by atoms with Gasteiger partial charge in [-0.2, -0.15) is 0 Å². The van der Waals surface area contributed by atoms with Crippen LogP contribution in [0.15, 0.2) is 58.5 Å². The molecule has 0 bridgehead atoms. The predicted octanol–water partition coefficient (Wildman–Crippen LogP) is 4.74. The fourth-order valence-electron chi connectivity index (χ4n) is 2.55. The van der Waals surface area contributed by atoms with Crippen LogP contribution < -0.4 is 5.32 Å². The molecule has 0 unspecified atom stereocenters. The number of amides is 1. The number of esters is 1. The van der Waals surface area contributed by atoms with Crippen LogP contribution in [-0.2, 0) is 9.53 Å². The molecule has 3 aromatic rings. The SMILES string of the molecule is CCOC(=O)c1c(-c2cccc([N+](=O)[O-])c2)csc1NC(=O)/C=C/c1ccco1. The highest BCUT2D eigenvalue weighted by Gasteiger charge is 2.23. The van der Waals surface area contributed by atoms with Gasteiger partial charge in [-0.1, -0.05) is 12.1 Å². The van der Waals surface area contributed by atoms with Crippen molar-refractivity contribution in [1.82, 2.24) is 0 Å². The summed E-state index contributed by atoms with van der Waals surface area (Å²) in [5.41, 5.74) is 0.972. The van der Waals surface area contributed by atoms with Gasteiger partial charge in [0.05, 0.1) is 17.8 Å². The minimum absolute atomic E-state index is 0.101. The third-order valence-corrected chi connectivity index (χ3v) is 4.71. The number of nitro benzene ring substituents is 1. The smallest absolute Gasteiger partial charge is 0.341 e. The van der Waals surface area contributed by atoms with Crippen molar-refractivity contribution in [2.24, 2.45) is 0 Å². The Morgan fingerprint density at radius 2 is 2.14 bits per heavy atom. The number of carbonyl (C=O) groups excluding carboxylic acids is 2. The lowest BCUT2D eigenvalue weighted by molar-refractivity contribution is -0.384. The summed E-state index contributed by atoms with van der Waals surface area (Å²) in [5, 5.41) is 15.7. The van der Waals surface area contributed by atoms with Gasteiger partial charge in [-0.05, 0) is 30.7 Å². The van der Waals surface area contributed by atoms with Gasteiger partial charge < -0.3 is 14.5 Å². The van der Waals surface area contributed by atoms with Gasteiger partial charge in [0.25, 0.3) is 5.69 Å². The number of rotatable bonds is 7. The molecule has 9 heteroatoms. The van der Waals surface area contributed by atoms with Crippen molar-refractivity contribution in [2.75, 3.05) is 11.9 Å². The van der Waals surface area contributed by atoms with E-state index in [0.29, 0.717) is 21.9 Å². The molecule has 0 saturated heterocycles.